The van der Waals surface area contributed by atoms with Crippen molar-refractivity contribution in [2.45, 2.75) is 43.4 Å². The zero-order valence-corrected chi connectivity index (χ0v) is 11.6. The van der Waals surface area contributed by atoms with Gasteiger partial charge in [0.05, 0.1) is 24.9 Å². The van der Waals surface area contributed by atoms with Crippen molar-refractivity contribution in [1.29, 1.82) is 0 Å². The van der Waals surface area contributed by atoms with Gasteiger partial charge in [-0.3, -0.25) is 4.90 Å². The number of hydrogen-bond acceptors (Lipinski definition) is 5. The zero-order valence-electron chi connectivity index (χ0n) is 11.6. The molecule has 3 rings (SSSR count). The van der Waals surface area contributed by atoms with Crippen LogP contribution in [-0.4, -0.2) is 67.8 Å². The van der Waals surface area contributed by atoms with E-state index in [9.17, 15) is 9.90 Å². The van der Waals surface area contributed by atoms with Gasteiger partial charge in [-0.25, -0.2) is 4.79 Å². The predicted octanol–water partition coefficient (Wildman–Crippen LogP) is 0.774. The first-order valence-corrected chi connectivity index (χ1v) is 6.77. The van der Waals surface area contributed by atoms with Crippen LogP contribution >= 0.6 is 0 Å². The van der Waals surface area contributed by atoms with Gasteiger partial charge in [-0.05, 0) is 25.7 Å². The summed E-state index contributed by atoms with van der Waals surface area (Å²) in [5.74, 6) is 0. The molecule has 0 aromatic rings. The number of fused-ring (bicyclic) bond motifs is 3. The quantitative estimate of drug-likeness (QED) is 0.749. The summed E-state index contributed by atoms with van der Waals surface area (Å²) < 4.78 is 15.2. The van der Waals surface area contributed by atoms with E-state index in [-0.39, 0.29) is 24.8 Å². The molecule has 19 heavy (non-hydrogen) atoms. The Hall–Kier alpha value is -0.850. The molecule has 1 N–H and O–H groups in total. The highest BCUT2D eigenvalue weighted by molar-refractivity contribution is 5.69. The first-order chi connectivity index (χ1) is 9.12. The lowest BCUT2D eigenvalue weighted by Gasteiger charge is -2.55. The van der Waals surface area contributed by atoms with Crippen LogP contribution in [0.25, 0.3) is 0 Å². The average molecular weight is 273 g/mol. The second-order valence-corrected chi connectivity index (χ2v) is 5.32. The molecule has 6 nitrogen and oxygen atoms in total. The van der Waals surface area contributed by atoms with Crippen molar-refractivity contribution < 1.29 is 24.1 Å². The van der Waals surface area contributed by atoms with Crippen LogP contribution in [0.3, 0.4) is 0 Å². The molecular formula is C13H23NO5. The molecule has 2 bridgehead atoms. The molecule has 1 saturated carbocycles. The number of piperidine rings is 2. The summed E-state index contributed by atoms with van der Waals surface area (Å²) >= 11 is 0. The maximum Gasteiger partial charge on any atom is 0.410 e. The fraction of sp³-hybridized carbons (Fsp3) is 0.923. The van der Waals surface area contributed by atoms with Gasteiger partial charge >= 0.3 is 6.09 Å². The normalized spacial score (nSPS) is 33.5. The van der Waals surface area contributed by atoms with Gasteiger partial charge in [0.2, 0.25) is 0 Å². The summed E-state index contributed by atoms with van der Waals surface area (Å²) in [6.07, 6.45) is 2.75. The lowest BCUT2D eigenvalue weighted by atomic mass is 9.71. The van der Waals surface area contributed by atoms with E-state index in [1.807, 2.05) is 0 Å². The van der Waals surface area contributed by atoms with Crippen LogP contribution in [0.5, 0.6) is 0 Å². The number of hydrogen-bond donors (Lipinski definition) is 1. The van der Waals surface area contributed by atoms with Gasteiger partial charge in [0, 0.05) is 20.3 Å². The Morgan fingerprint density at radius 3 is 2.53 bits per heavy atom. The fourth-order valence-corrected chi connectivity index (χ4v) is 3.18. The molecule has 1 amide bonds. The molecule has 1 aliphatic carbocycles. The number of rotatable bonds is 5. The van der Waals surface area contributed by atoms with E-state index in [1.165, 1.54) is 0 Å². The van der Waals surface area contributed by atoms with E-state index in [4.69, 9.17) is 14.2 Å². The largest absolute Gasteiger partial charge is 0.447 e. The molecule has 3 aliphatic rings. The number of methoxy groups -OCH3 is 2. The monoisotopic (exact) mass is 273 g/mol. The van der Waals surface area contributed by atoms with E-state index in [0.717, 1.165) is 25.7 Å². The Labute approximate surface area is 113 Å². The van der Waals surface area contributed by atoms with Gasteiger partial charge in [-0.15, -0.1) is 0 Å². The molecular weight excluding hydrogens is 250 g/mol. The molecule has 1 unspecified atom stereocenters. The van der Waals surface area contributed by atoms with Crippen LogP contribution in [0.15, 0.2) is 0 Å². The topological polar surface area (TPSA) is 68.2 Å². The Kier molecular flexibility index (Phi) is 4.65. The molecule has 2 aliphatic heterocycles. The number of carbonyl (C=O) groups excluding carboxylic acids is 1. The van der Waals surface area contributed by atoms with E-state index in [2.05, 4.69) is 0 Å². The fourth-order valence-electron chi connectivity index (χ4n) is 3.18. The smallest absolute Gasteiger partial charge is 0.410 e. The van der Waals surface area contributed by atoms with Crippen molar-refractivity contribution in [2.75, 3.05) is 34.0 Å². The number of aliphatic hydroxyl groups is 1. The molecule has 3 fully saturated rings. The van der Waals surface area contributed by atoms with Crippen LogP contribution in [0.1, 0.15) is 25.7 Å². The van der Waals surface area contributed by atoms with Gasteiger partial charge in [0.15, 0.2) is 0 Å². The summed E-state index contributed by atoms with van der Waals surface area (Å²) in [6.45, 7) is 0.951. The van der Waals surface area contributed by atoms with Gasteiger partial charge in [0.1, 0.15) is 6.61 Å². The molecule has 2 heterocycles. The van der Waals surface area contributed by atoms with Crippen LogP contribution in [0.4, 0.5) is 4.79 Å². The van der Waals surface area contributed by atoms with Crippen molar-refractivity contribution in [2.24, 2.45) is 0 Å². The average Bonchev–Trinajstić information content (AvgIpc) is 2.40. The summed E-state index contributed by atoms with van der Waals surface area (Å²) in [5, 5.41) is 10.6. The zero-order chi connectivity index (χ0) is 13.9. The van der Waals surface area contributed by atoms with Gasteiger partial charge < -0.3 is 19.3 Å². The first kappa shape index (κ1) is 14.6. The summed E-state index contributed by atoms with van der Waals surface area (Å²) in [6, 6.07) is -0.149. The van der Waals surface area contributed by atoms with Crippen LogP contribution in [0, 0.1) is 0 Å². The molecule has 0 spiro atoms. The Bertz CT molecular complexity index is 314. The first-order valence-electron chi connectivity index (χ1n) is 6.77. The number of carbonyl (C=O) groups is 1. The maximum absolute atomic E-state index is 12.2. The summed E-state index contributed by atoms with van der Waals surface area (Å²) in [5.41, 5.74) is -0.828. The lowest BCUT2D eigenvalue weighted by Crippen LogP contribution is -2.67. The maximum atomic E-state index is 12.2. The molecule has 110 valence electrons. The number of amides is 1. The minimum absolute atomic E-state index is 0.157. The second kappa shape index (κ2) is 6.07. The minimum atomic E-state index is -0.828. The van der Waals surface area contributed by atoms with Gasteiger partial charge in [0.25, 0.3) is 0 Å². The third-order valence-electron chi connectivity index (χ3n) is 4.22. The molecule has 6 heteroatoms. The van der Waals surface area contributed by atoms with E-state index >= 15 is 0 Å². The van der Waals surface area contributed by atoms with E-state index in [1.54, 1.807) is 19.1 Å². The van der Waals surface area contributed by atoms with E-state index in [0.29, 0.717) is 13.2 Å². The SMILES string of the molecule is COCCOC(=O)N1C2CCC(O)(CC2)C1COC. The van der Waals surface area contributed by atoms with Gasteiger partial charge in [-0.1, -0.05) is 0 Å². The highest BCUT2D eigenvalue weighted by Gasteiger charge is 2.53. The standard InChI is InChI=1S/C13H23NO5/c1-17-7-8-19-12(15)14-10-3-5-13(16,6-4-10)11(14)9-18-2/h10-11,16H,3-9H2,1-2H3. The van der Waals surface area contributed by atoms with Gasteiger partial charge in [-0.2, -0.15) is 0 Å². The second-order valence-electron chi connectivity index (χ2n) is 5.32. The van der Waals surface area contributed by atoms with Crippen LogP contribution in [0.2, 0.25) is 0 Å². The van der Waals surface area contributed by atoms with Crippen molar-refractivity contribution in [1.82, 2.24) is 4.90 Å². The summed E-state index contributed by atoms with van der Waals surface area (Å²) in [4.78, 5) is 13.8. The lowest BCUT2D eigenvalue weighted by molar-refractivity contribution is -0.149. The van der Waals surface area contributed by atoms with Crippen molar-refractivity contribution in [3.8, 4) is 0 Å². The minimum Gasteiger partial charge on any atom is -0.447 e. The third-order valence-corrected chi connectivity index (χ3v) is 4.22. The third kappa shape index (κ3) is 2.85. The Morgan fingerprint density at radius 2 is 1.95 bits per heavy atom. The van der Waals surface area contributed by atoms with Crippen molar-refractivity contribution >= 4 is 6.09 Å². The highest BCUT2D eigenvalue weighted by atomic mass is 16.6. The molecule has 0 radical (unpaired) electrons. The Morgan fingerprint density at radius 1 is 1.26 bits per heavy atom. The number of nitrogens with zero attached hydrogens (tertiary/aromatic N) is 1. The molecule has 2 saturated heterocycles. The molecule has 1 atom stereocenters. The Balaban J connectivity index is 2.05. The molecule has 0 aromatic heterocycles. The summed E-state index contributed by atoms with van der Waals surface area (Å²) in [7, 11) is 3.15. The predicted molar refractivity (Wildman–Crippen MR) is 67.9 cm³/mol. The van der Waals surface area contributed by atoms with Crippen molar-refractivity contribution in [3.63, 3.8) is 0 Å². The van der Waals surface area contributed by atoms with Crippen LogP contribution in [-0.2, 0) is 14.2 Å². The van der Waals surface area contributed by atoms with E-state index < -0.39 is 5.60 Å². The van der Waals surface area contributed by atoms with Crippen LogP contribution < -0.4 is 0 Å². The van der Waals surface area contributed by atoms with Crippen molar-refractivity contribution in [3.05, 3.63) is 0 Å². The number of ether oxygens (including phenoxy) is 3. The molecule has 0 aromatic carbocycles. The highest BCUT2D eigenvalue weighted by Crippen LogP contribution is 2.43.